The van der Waals surface area contributed by atoms with Gasteiger partial charge in [0.15, 0.2) is 0 Å². The number of carbonyl (C=O) groups is 1. The van der Waals surface area contributed by atoms with Crippen molar-refractivity contribution in [2.45, 2.75) is 19.9 Å². The number of nitrogens with one attached hydrogen (secondary N) is 2. The molecule has 0 aliphatic carbocycles. The Kier molecular flexibility index (Phi) is 4.70. The summed E-state index contributed by atoms with van der Waals surface area (Å²) in [6, 6.07) is 12.4. The smallest absolute Gasteiger partial charge is 0.258 e. The molecule has 2 aromatic rings. The molecule has 1 atom stereocenters. The minimum absolute atomic E-state index is 0.0573. The van der Waals surface area contributed by atoms with Gasteiger partial charge in [0.05, 0.1) is 5.56 Å². The Morgan fingerprint density at radius 3 is 2.57 bits per heavy atom. The van der Waals surface area contributed by atoms with Gasteiger partial charge in [0.25, 0.3) is 5.91 Å². The Morgan fingerprint density at radius 1 is 1.14 bits per heavy atom. The van der Waals surface area contributed by atoms with E-state index in [9.17, 15) is 9.18 Å². The summed E-state index contributed by atoms with van der Waals surface area (Å²) in [6.45, 7) is 3.64. The predicted octanol–water partition coefficient (Wildman–Crippen LogP) is 3.67. The number of rotatable bonds is 4. The van der Waals surface area contributed by atoms with Gasteiger partial charge in [-0.25, -0.2) is 4.39 Å². The quantitative estimate of drug-likeness (QED) is 0.900. The van der Waals surface area contributed by atoms with Crippen LogP contribution in [0.4, 0.5) is 10.1 Å². The molecule has 110 valence electrons. The second-order valence-corrected chi connectivity index (χ2v) is 4.99. The van der Waals surface area contributed by atoms with E-state index in [1.165, 1.54) is 6.07 Å². The Labute approximate surface area is 124 Å². The fourth-order valence-corrected chi connectivity index (χ4v) is 2.16. The van der Waals surface area contributed by atoms with Gasteiger partial charge in [-0.1, -0.05) is 30.3 Å². The van der Waals surface area contributed by atoms with Crippen LogP contribution >= 0.6 is 0 Å². The molecule has 0 aliphatic heterocycles. The van der Waals surface area contributed by atoms with Crippen LogP contribution in [-0.4, -0.2) is 13.0 Å². The van der Waals surface area contributed by atoms with Gasteiger partial charge < -0.3 is 10.6 Å². The van der Waals surface area contributed by atoms with Gasteiger partial charge in [0.1, 0.15) is 5.82 Å². The second-order valence-electron chi connectivity index (χ2n) is 4.99. The molecule has 1 unspecified atom stereocenters. The van der Waals surface area contributed by atoms with E-state index in [-0.39, 0.29) is 11.6 Å². The molecule has 0 aromatic heterocycles. The average Bonchev–Trinajstić information content (AvgIpc) is 2.49. The maximum atomic E-state index is 14.0. The highest BCUT2D eigenvalue weighted by Crippen LogP contribution is 2.23. The van der Waals surface area contributed by atoms with Crippen LogP contribution in [-0.2, 0) is 0 Å². The van der Waals surface area contributed by atoms with E-state index in [1.54, 1.807) is 19.1 Å². The molecule has 3 nitrogen and oxygen atoms in total. The number of amides is 1. The number of carbonyl (C=O) groups excluding carboxylic acids is 1. The Balaban J connectivity index is 2.30. The summed E-state index contributed by atoms with van der Waals surface area (Å²) in [6.07, 6.45) is 0. The molecular weight excluding hydrogens is 267 g/mol. The lowest BCUT2D eigenvalue weighted by atomic mass is 10.1. The zero-order valence-electron chi connectivity index (χ0n) is 12.4. The van der Waals surface area contributed by atoms with E-state index in [0.29, 0.717) is 11.3 Å². The summed E-state index contributed by atoms with van der Waals surface area (Å²) in [7, 11) is 1.85. The van der Waals surface area contributed by atoms with E-state index < -0.39 is 11.7 Å². The highest BCUT2D eigenvalue weighted by Gasteiger charge is 2.15. The molecular formula is C17H19FN2O. The van der Waals surface area contributed by atoms with Crippen molar-refractivity contribution in [1.29, 1.82) is 0 Å². The van der Waals surface area contributed by atoms with Crippen molar-refractivity contribution >= 4 is 11.6 Å². The summed E-state index contributed by atoms with van der Waals surface area (Å²) in [4.78, 5) is 12.3. The Hall–Kier alpha value is -2.20. The maximum absolute atomic E-state index is 14.0. The molecule has 0 aliphatic rings. The standard InChI is InChI=1S/C17H19FN2O/c1-11-7-6-9-14(16(11)18)17(21)20-15-10-5-4-8-13(15)12(2)19-3/h4-10,12,19H,1-3H3,(H,20,21). The lowest BCUT2D eigenvalue weighted by Gasteiger charge is -2.16. The largest absolute Gasteiger partial charge is 0.322 e. The zero-order chi connectivity index (χ0) is 15.4. The van der Waals surface area contributed by atoms with E-state index in [1.807, 2.05) is 38.2 Å². The molecule has 0 saturated carbocycles. The van der Waals surface area contributed by atoms with Crippen molar-refractivity contribution in [2.24, 2.45) is 0 Å². The van der Waals surface area contributed by atoms with Crippen molar-refractivity contribution in [3.05, 3.63) is 65.0 Å². The Morgan fingerprint density at radius 2 is 1.86 bits per heavy atom. The van der Waals surface area contributed by atoms with E-state index in [0.717, 1.165) is 5.56 Å². The van der Waals surface area contributed by atoms with Crippen molar-refractivity contribution in [2.75, 3.05) is 12.4 Å². The predicted molar refractivity (Wildman–Crippen MR) is 83.0 cm³/mol. The first-order chi connectivity index (χ1) is 10.0. The molecule has 0 bridgehead atoms. The summed E-state index contributed by atoms with van der Waals surface area (Å²) < 4.78 is 14.0. The van der Waals surface area contributed by atoms with Crippen molar-refractivity contribution < 1.29 is 9.18 Å². The number of anilines is 1. The van der Waals surface area contributed by atoms with Crippen LogP contribution in [0.2, 0.25) is 0 Å². The third kappa shape index (κ3) is 3.28. The lowest BCUT2D eigenvalue weighted by Crippen LogP contribution is -2.19. The maximum Gasteiger partial charge on any atom is 0.258 e. The van der Waals surface area contributed by atoms with Gasteiger partial charge in [-0.05, 0) is 44.2 Å². The fraction of sp³-hybridized carbons (Fsp3) is 0.235. The molecule has 2 rings (SSSR count). The van der Waals surface area contributed by atoms with Crippen LogP contribution in [0, 0.1) is 12.7 Å². The van der Waals surface area contributed by atoms with Gasteiger partial charge in [0, 0.05) is 11.7 Å². The molecule has 0 heterocycles. The molecule has 0 spiro atoms. The molecule has 21 heavy (non-hydrogen) atoms. The van der Waals surface area contributed by atoms with Gasteiger partial charge >= 0.3 is 0 Å². The summed E-state index contributed by atoms with van der Waals surface area (Å²) in [5, 5.41) is 5.92. The molecule has 0 saturated heterocycles. The number of para-hydroxylation sites is 1. The number of halogens is 1. The normalized spacial score (nSPS) is 12.0. The summed E-state index contributed by atoms with van der Waals surface area (Å²) >= 11 is 0. The summed E-state index contributed by atoms with van der Waals surface area (Å²) in [5.74, 6) is -0.916. The van der Waals surface area contributed by atoms with Gasteiger partial charge in [-0.15, -0.1) is 0 Å². The highest BCUT2D eigenvalue weighted by atomic mass is 19.1. The van der Waals surface area contributed by atoms with E-state index in [4.69, 9.17) is 0 Å². The first-order valence-electron chi connectivity index (χ1n) is 6.87. The minimum Gasteiger partial charge on any atom is -0.322 e. The molecule has 2 aromatic carbocycles. The molecule has 1 amide bonds. The number of hydrogen-bond acceptors (Lipinski definition) is 2. The molecule has 2 N–H and O–H groups in total. The number of benzene rings is 2. The highest BCUT2D eigenvalue weighted by molar-refractivity contribution is 6.05. The van der Waals surface area contributed by atoms with Crippen LogP contribution in [0.5, 0.6) is 0 Å². The van der Waals surface area contributed by atoms with Crippen molar-refractivity contribution in [3.63, 3.8) is 0 Å². The third-order valence-electron chi connectivity index (χ3n) is 3.54. The van der Waals surface area contributed by atoms with E-state index >= 15 is 0 Å². The van der Waals surface area contributed by atoms with Crippen LogP contribution in [0.15, 0.2) is 42.5 Å². The first-order valence-corrected chi connectivity index (χ1v) is 6.87. The van der Waals surface area contributed by atoms with Crippen molar-refractivity contribution in [1.82, 2.24) is 5.32 Å². The molecule has 4 heteroatoms. The van der Waals surface area contributed by atoms with Gasteiger partial charge in [0.2, 0.25) is 0 Å². The first kappa shape index (κ1) is 15.2. The molecule has 0 fully saturated rings. The average molecular weight is 286 g/mol. The van der Waals surface area contributed by atoms with Crippen LogP contribution in [0.3, 0.4) is 0 Å². The number of hydrogen-bond donors (Lipinski definition) is 2. The fourth-order valence-electron chi connectivity index (χ4n) is 2.16. The van der Waals surface area contributed by atoms with Crippen LogP contribution in [0.1, 0.15) is 34.5 Å². The lowest BCUT2D eigenvalue weighted by molar-refractivity contribution is 0.102. The summed E-state index contributed by atoms with van der Waals surface area (Å²) in [5.41, 5.74) is 2.16. The van der Waals surface area contributed by atoms with Gasteiger partial charge in [-0.2, -0.15) is 0 Å². The van der Waals surface area contributed by atoms with Gasteiger partial charge in [-0.3, -0.25) is 4.79 Å². The number of aryl methyl sites for hydroxylation is 1. The van der Waals surface area contributed by atoms with Crippen LogP contribution < -0.4 is 10.6 Å². The molecule has 0 radical (unpaired) electrons. The minimum atomic E-state index is -0.478. The van der Waals surface area contributed by atoms with E-state index in [2.05, 4.69) is 10.6 Å². The zero-order valence-corrected chi connectivity index (χ0v) is 12.4. The Bertz CT molecular complexity index is 655. The second kappa shape index (κ2) is 6.50. The SMILES string of the molecule is CNC(C)c1ccccc1NC(=O)c1cccc(C)c1F. The van der Waals surface area contributed by atoms with Crippen molar-refractivity contribution in [3.8, 4) is 0 Å². The topological polar surface area (TPSA) is 41.1 Å². The third-order valence-corrected chi connectivity index (χ3v) is 3.54. The monoisotopic (exact) mass is 286 g/mol. The van der Waals surface area contributed by atoms with Crippen LogP contribution in [0.25, 0.3) is 0 Å².